The van der Waals surface area contributed by atoms with Gasteiger partial charge >= 0.3 is 5.97 Å². The Hall–Kier alpha value is -2.29. The van der Waals surface area contributed by atoms with Gasteiger partial charge in [-0.25, -0.2) is 9.79 Å². The number of thioether (sulfide) groups is 1. The fraction of sp³-hybridized carbons (Fsp3) is 0.105. The van der Waals surface area contributed by atoms with Crippen molar-refractivity contribution < 1.29 is 19.4 Å². The van der Waals surface area contributed by atoms with Crippen molar-refractivity contribution >= 4 is 68.1 Å². The number of benzene rings is 2. The zero-order chi connectivity index (χ0) is 20.4. The summed E-state index contributed by atoms with van der Waals surface area (Å²) in [5.74, 6) is -0.735. The lowest BCUT2D eigenvalue weighted by Crippen LogP contribution is -2.23. The molecule has 0 aromatic heterocycles. The summed E-state index contributed by atoms with van der Waals surface area (Å²) in [6.07, 6.45) is 1.70. The highest BCUT2D eigenvalue weighted by molar-refractivity contribution is 9.10. The molecule has 0 radical (unpaired) electrons. The van der Waals surface area contributed by atoms with E-state index in [9.17, 15) is 9.59 Å². The summed E-state index contributed by atoms with van der Waals surface area (Å²) in [5, 5.41) is 9.89. The number of aliphatic imine (C=N–C) groups is 1. The summed E-state index contributed by atoms with van der Waals surface area (Å²) in [5.41, 5.74) is 1.39. The Bertz CT molecular complexity index is 1020. The number of carbonyl (C=O) groups is 2. The van der Waals surface area contributed by atoms with E-state index in [0.717, 1.165) is 4.47 Å². The Labute approximate surface area is 179 Å². The average Bonchev–Trinajstić information content (AvgIpc) is 2.90. The zero-order valence-corrected chi connectivity index (χ0v) is 17.9. The molecule has 144 valence electrons. The van der Waals surface area contributed by atoms with Gasteiger partial charge in [-0.2, -0.15) is 0 Å². The SMILES string of the molecule is COc1c(Cl)cc(Br)cc1/C=C1/SC(=Nc2ccc(C(=O)O)cc2)N(C)C1=O. The summed E-state index contributed by atoms with van der Waals surface area (Å²) < 4.78 is 6.11. The van der Waals surface area contributed by atoms with Gasteiger partial charge in [0.05, 0.1) is 28.3 Å². The first-order valence-electron chi connectivity index (χ1n) is 7.93. The molecule has 2 aromatic carbocycles. The fourth-order valence-corrected chi connectivity index (χ4v) is 4.37. The van der Waals surface area contributed by atoms with E-state index in [2.05, 4.69) is 20.9 Å². The molecule has 0 aliphatic carbocycles. The van der Waals surface area contributed by atoms with E-state index in [1.54, 1.807) is 31.3 Å². The van der Waals surface area contributed by atoms with E-state index >= 15 is 0 Å². The van der Waals surface area contributed by atoms with Crippen LogP contribution in [0, 0.1) is 0 Å². The minimum atomic E-state index is -1.01. The van der Waals surface area contributed by atoms with E-state index in [0.29, 0.717) is 32.1 Å². The molecule has 1 N–H and O–H groups in total. The second-order valence-corrected chi connectivity index (χ2v) is 8.06. The van der Waals surface area contributed by atoms with Crippen LogP contribution in [0.3, 0.4) is 0 Å². The van der Waals surface area contributed by atoms with Crippen LogP contribution < -0.4 is 4.74 Å². The maximum atomic E-state index is 12.6. The summed E-state index contributed by atoms with van der Waals surface area (Å²) in [4.78, 5) is 29.9. The van der Waals surface area contributed by atoms with E-state index in [-0.39, 0.29) is 11.5 Å². The summed E-state index contributed by atoms with van der Waals surface area (Å²) in [6, 6.07) is 9.64. The predicted molar refractivity (Wildman–Crippen MR) is 115 cm³/mol. The number of rotatable bonds is 4. The maximum absolute atomic E-state index is 12.6. The summed E-state index contributed by atoms with van der Waals surface area (Å²) in [7, 11) is 3.15. The molecule has 0 spiro atoms. The number of amides is 1. The second-order valence-electron chi connectivity index (χ2n) is 5.73. The number of likely N-dealkylation sites (N-methyl/N-ethyl adjacent to an activating group) is 1. The monoisotopic (exact) mass is 480 g/mol. The van der Waals surface area contributed by atoms with Crippen molar-refractivity contribution in [3.8, 4) is 5.75 Å². The molecule has 1 aliphatic heterocycles. The van der Waals surface area contributed by atoms with Crippen LogP contribution in [0.25, 0.3) is 6.08 Å². The number of aromatic carboxylic acids is 1. The van der Waals surface area contributed by atoms with Crippen LogP contribution >= 0.6 is 39.3 Å². The highest BCUT2D eigenvalue weighted by Crippen LogP contribution is 2.38. The molecule has 1 aliphatic rings. The number of methoxy groups -OCH3 is 1. The summed E-state index contributed by atoms with van der Waals surface area (Å²) in [6.45, 7) is 0. The molecular weight excluding hydrogens is 468 g/mol. The van der Waals surface area contributed by atoms with Crippen molar-refractivity contribution in [2.75, 3.05) is 14.2 Å². The highest BCUT2D eigenvalue weighted by atomic mass is 79.9. The molecule has 0 bridgehead atoms. The third-order valence-electron chi connectivity index (χ3n) is 3.87. The van der Waals surface area contributed by atoms with Gasteiger partial charge in [-0.15, -0.1) is 0 Å². The highest BCUT2D eigenvalue weighted by Gasteiger charge is 2.30. The number of hydrogen-bond donors (Lipinski definition) is 1. The molecule has 1 heterocycles. The van der Waals surface area contributed by atoms with Crippen molar-refractivity contribution in [2.45, 2.75) is 0 Å². The molecule has 0 unspecified atom stereocenters. The number of hydrogen-bond acceptors (Lipinski definition) is 5. The number of halogens is 2. The lowest BCUT2D eigenvalue weighted by molar-refractivity contribution is -0.121. The Morgan fingerprint density at radius 1 is 1.32 bits per heavy atom. The Kier molecular flexibility index (Phi) is 6.12. The normalized spacial score (nSPS) is 16.9. The van der Waals surface area contributed by atoms with Gasteiger partial charge in [-0.3, -0.25) is 9.69 Å². The number of carbonyl (C=O) groups excluding carboxylic acids is 1. The molecule has 0 atom stereocenters. The quantitative estimate of drug-likeness (QED) is 0.619. The van der Waals surface area contributed by atoms with Crippen LogP contribution in [0.4, 0.5) is 5.69 Å². The first kappa shape index (κ1) is 20.4. The molecule has 0 saturated carbocycles. The second kappa shape index (κ2) is 8.38. The van der Waals surface area contributed by atoms with Gasteiger partial charge in [-0.05, 0) is 54.2 Å². The van der Waals surface area contributed by atoms with Gasteiger partial charge in [0, 0.05) is 17.1 Å². The minimum Gasteiger partial charge on any atom is -0.495 e. The number of amidine groups is 1. The van der Waals surface area contributed by atoms with Crippen molar-refractivity contribution in [3.05, 3.63) is 61.9 Å². The molecular formula is C19H14BrClN2O4S. The van der Waals surface area contributed by atoms with E-state index in [1.165, 1.54) is 35.9 Å². The van der Waals surface area contributed by atoms with Gasteiger partial charge in [0.25, 0.3) is 5.91 Å². The van der Waals surface area contributed by atoms with Crippen molar-refractivity contribution in [1.29, 1.82) is 0 Å². The Morgan fingerprint density at radius 3 is 2.61 bits per heavy atom. The van der Waals surface area contributed by atoms with Gasteiger partial charge in [0.15, 0.2) is 5.17 Å². The molecule has 1 saturated heterocycles. The van der Waals surface area contributed by atoms with Crippen LogP contribution in [0.5, 0.6) is 5.75 Å². The standard InChI is InChI=1S/C19H14BrClN2O4S/c1-23-17(24)15(8-11-7-12(20)9-14(21)16(11)27-2)28-19(23)22-13-5-3-10(4-6-13)18(25)26/h3-9H,1-2H3,(H,25,26)/b15-8+,22-19?. The van der Waals surface area contributed by atoms with Crippen molar-refractivity contribution in [2.24, 2.45) is 4.99 Å². The van der Waals surface area contributed by atoms with E-state index < -0.39 is 5.97 Å². The fourth-order valence-electron chi connectivity index (χ4n) is 2.48. The number of carboxylic acids is 1. The van der Waals surface area contributed by atoms with Gasteiger partial charge in [-0.1, -0.05) is 27.5 Å². The first-order chi connectivity index (χ1) is 13.3. The van der Waals surface area contributed by atoms with Crippen LogP contribution in [-0.2, 0) is 4.79 Å². The Balaban J connectivity index is 1.93. The molecule has 28 heavy (non-hydrogen) atoms. The van der Waals surface area contributed by atoms with E-state index in [4.69, 9.17) is 21.4 Å². The Morgan fingerprint density at radius 2 is 2.00 bits per heavy atom. The predicted octanol–water partition coefficient (Wildman–Crippen LogP) is 5.04. The van der Waals surface area contributed by atoms with Gasteiger partial charge in [0.2, 0.25) is 0 Å². The molecule has 2 aromatic rings. The lowest BCUT2D eigenvalue weighted by atomic mass is 10.2. The third-order valence-corrected chi connectivity index (χ3v) is 5.67. The van der Waals surface area contributed by atoms with Crippen molar-refractivity contribution in [1.82, 2.24) is 4.90 Å². The minimum absolute atomic E-state index is 0.173. The molecule has 1 amide bonds. The van der Waals surface area contributed by atoms with Crippen molar-refractivity contribution in [3.63, 3.8) is 0 Å². The van der Waals surface area contributed by atoms with Gasteiger partial charge < -0.3 is 9.84 Å². The number of carboxylic acid groups (broad SMARTS) is 1. The van der Waals surface area contributed by atoms with E-state index in [1.807, 2.05) is 6.07 Å². The smallest absolute Gasteiger partial charge is 0.335 e. The molecule has 3 rings (SSSR count). The van der Waals surface area contributed by atoms with Crippen LogP contribution in [0.1, 0.15) is 15.9 Å². The first-order valence-corrected chi connectivity index (χ1v) is 9.91. The summed E-state index contributed by atoms with van der Waals surface area (Å²) >= 11 is 10.8. The van der Waals surface area contributed by atoms with Crippen LogP contribution in [0.2, 0.25) is 5.02 Å². The lowest BCUT2D eigenvalue weighted by Gasteiger charge is -2.08. The largest absolute Gasteiger partial charge is 0.495 e. The average molecular weight is 482 g/mol. The third kappa shape index (κ3) is 4.24. The molecule has 6 nitrogen and oxygen atoms in total. The maximum Gasteiger partial charge on any atom is 0.335 e. The number of ether oxygens (including phenoxy) is 1. The zero-order valence-electron chi connectivity index (χ0n) is 14.8. The van der Waals surface area contributed by atoms with Crippen LogP contribution in [-0.4, -0.2) is 41.2 Å². The van der Waals surface area contributed by atoms with Crippen LogP contribution in [0.15, 0.2) is 50.8 Å². The molecule has 1 fully saturated rings. The van der Waals surface area contributed by atoms with Gasteiger partial charge in [0.1, 0.15) is 5.75 Å². The molecule has 9 heteroatoms. The topological polar surface area (TPSA) is 79.2 Å². The number of nitrogens with zero attached hydrogens (tertiary/aromatic N) is 2.